The molecule has 1 heterocycles. The van der Waals surface area contributed by atoms with Gasteiger partial charge >= 0.3 is 0 Å². The molecule has 1 aromatic heterocycles. The van der Waals surface area contributed by atoms with Gasteiger partial charge in [0.25, 0.3) is 0 Å². The lowest BCUT2D eigenvalue weighted by Crippen LogP contribution is -2.29. The highest BCUT2D eigenvalue weighted by molar-refractivity contribution is 9.10. The minimum absolute atomic E-state index is 0.772. The first kappa shape index (κ1) is 12.7. The van der Waals surface area contributed by atoms with Crippen molar-refractivity contribution in [1.29, 1.82) is 0 Å². The molecule has 2 aromatic rings. The summed E-state index contributed by atoms with van der Waals surface area (Å²) in [4.78, 5) is 5.61. The summed E-state index contributed by atoms with van der Waals surface area (Å²) in [6.45, 7) is 0.772. The zero-order valence-corrected chi connectivity index (χ0v) is 12.2. The summed E-state index contributed by atoms with van der Waals surface area (Å²) in [6, 6.07) is 8.29. The van der Waals surface area contributed by atoms with Crippen LogP contribution in [0.1, 0.15) is 5.01 Å². The molecule has 1 aromatic carbocycles. The molecule has 0 aliphatic carbocycles. The van der Waals surface area contributed by atoms with Gasteiger partial charge in [0.2, 0.25) is 0 Å². The Balaban J connectivity index is 2.10. The molecule has 0 saturated carbocycles. The predicted octanol–water partition coefficient (Wildman–Crippen LogP) is 3.14. The van der Waals surface area contributed by atoms with Crippen LogP contribution in [0.25, 0.3) is 10.4 Å². The summed E-state index contributed by atoms with van der Waals surface area (Å²) in [6.07, 6.45) is 1.93. The number of hydrogen-bond acceptors (Lipinski definition) is 4. The lowest BCUT2D eigenvalue weighted by molar-refractivity contribution is 0.286. The van der Waals surface area contributed by atoms with Crippen LogP contribution in [0.2, 0.25) is 0 Å². The van der Waals surface area contributed by atoms with Gasteiger partial charge in [-0.25, -0.2) is 10.4 Å². The molecule has 0 radical (unpaired) electrons. The van der Waals surface area contributed by atoms with Gasteiger partial charge in [0, 0.05) is 24.8 Å². The Kier molecular flexibility index (Phi) is 4.28. The minimum Gasteiger partial charge on any atom is -0.250 e. The number of benzene rings is 1. The summed E-state index contributed by atoms with van der Waals surface area (Å²) in [5, 5.41) is 3.03. The summed E-state index contributed by atoms with van der Waals surface area (Å²) in [5.74, 6) is 0. The van der Waals surface area contributed by atoms with E-state index in [-0.39, 0.29) is 0 Å². The van der Waals surface area contributed by atoms with Crippen LogP contribution in [0, 0.1) is 0 Å². The van der Waals surface area contributed by atoms with E-state index in [0.717, 1.165) is 16.0 Å². The summed E-state index contributed by atoms with van der Waals surface area (Å²) >= 11 is 5.15. The van der Waals surface area contributed by atoms with Gasteiger partial charge in [-0.3, -0.25) is 5.01 Å². The third kappa shape index (κ3) is 3.61. The van der Waals surface area contributed by atoms with E-state index >= 15 is 0 Å². The van der Waals surface area contributed by atoms with Crippen LogP contribution in [0.4, 0.5) is 0 Å². The smallest absolute Gasteiger partial charge is 0.108 e. The molecule has 0 spiro atoms. The normalized spacial score (nSPS) is 11.1. The first-order valence-electron chi connectivity index (χ1n) is 5.26. The standard InChI is InChI=1S/C12H14BrN3S/c1-16(2)15-8-12-14-7-11(17-12)9-3-5-10(13)6-4-9/h3-7,15H,8H2,1-2H3. The molecule has 0 bridgehead atoms. The maximum Gasteiger partial charge on any atom is 0.108 e. The minimum atomic E-state index is 0.772. The fraction of sp³-hybridized carbons (Fsp3) is 0.250. The number of hydrogen-bond donors (Lipinski definition) is 1. The van der Waals surface area contributed by atoms with Gasteiger partial charge in [-0.05, 0) is 17.7 Å². The molecule has 0 atom stereocenters. The molecule has 90 valence electrons. The maximum absolute atomic E-state index is 4.40. The van der Waals surface area contributed by atoms with E-state index < -0.39 is 0 Å². The Morgan fingerprint density at radius 3 is 2.65 bits per heavy atom. The monoisotopic (exact) mass is 311 g/mol. The highest BCUT2D eigenvalue weighted by Gasteiger charge is 2.04. The predicted molar refractivity (Wildman–Crippen MR) is 75.8 cm³/mol. The van der Waals surface area contributed by atoms with Crippen LogP contribution < -0.4 is 5.43 Å². The molecule has 5 heteroatoms. The van der Waals surface area contributed by atoms with Crippen molar-refractivity contribution in [2.24, 2.45) is 0 Å². The lowest BCUT2D eigenvalue weighted by atomic mass is 10.2. The first-order chi connectivity index (χ1) is 8.15. The molecule has 3 nitrogen and oxygen atoms in total. The molecule has 17 heavy (non-hydrogen) atoms. The first-order valence-corrected chi connectivity index (χ1v) is 6.87. The number of halogens is 1. The number of aromatic nitrogens is 1. The highest BCUT2D eigenvalue weighted by atomic mass is 79.9. The van der Waals surface area contributed by atoms with Gasteiger partial charge in [-0.1, -0.05) is 28.1 Å². The SMILES string of the molecule is CN(C)NCc1ncc(-c2ccc(Br)cc2)s1. The third-order valence-electron chi connectivity index (χ3n) is 2.23. The number of rotatable bonds is 4. The molecule has 0 unspecified atom stereocenters. The van der Waals surface area contributed by atoms with Crippen molar-refractivity contribution in [2.45, 2.75) is 6.54 Å². The van der Waals surface area contributed by atoms with Gasteiger partial charge in [-0.15, -0.1) is 11.3 Å². The Morgan fingerprint density at radius 2 is 2.00 bits per heavy atom. The van der Waals surface area contributed by atoms with Crippen LogP contribution in [0.15, 0.2) is 34.9 Å². The van der Waals surface area contributed by atoms with Crippen LogP contribution in [-0.2, 0) is 6.54 Å². The zero-order valence-electron chi connectivity index (χ0n) is 9.77. The summed E-state index contributed by atoms with van der Waals surface area (Å²) in [7, 11) is 3.95. The van der Waals surface area contributed by atoms with Crippen LogP contribution in [0.3, 0.4) is 0 Å². The fourth-order valence-electron chi connectivity index (χ4n) is 1.37. The van der Waals surface area contributed by atoms with Crippen molar-refractivity contribution in [3.8, 4) is 10.4 Å². The molecule has 0 aliphatic rings. The van der Waals surface area contributed by atoms with Crippen molar-refractivity contribution in [3.63, 3.8) is 0 Å². The van der Waals surface area contributed by atoms with Gasteiger partial charge in [-0.2, -0.15) is 0 Å². The van der Waals surface area contributed by atoms with Crippen molar-refractivity contribution in [3.05, 3.63) is 39.9 Å². The van der Waals surface area contributed by atoms with E-state index in [1.165, 1.54) is 10.4 Å². The molecule has 0 aliphatic heterocycles. The zero-order chi connectivity index (χ0) is 12.3. The Bertz CT molecular complexity index is 479. The molecular formula is C12H14BrN3S. The Labute approximate surface area is 114 Å². The van der Waals surface area contributed by atoms with Crippen LogP contribution in [0.5, 0.6) is 0 Å². The average Bonchev–Trinajstić information content (AvgIpc) is 2.76. The summed E-state index contributed by atoms with van der Waals surface area (Å²) < 4.78 is 1.10. The van der Waals surface area contributed by atoms with E-state index in [4.69, 9.17) is 0 Å². The van der Waals surface area contributed by atoms with E-state index in [1.807, 2.05) is 37.4 Å². The van der Waals surface area contributed by atoms with Crippen LogP contribution >= 0.6 is 27.3 Å². The number of thiazole rings is 1. The van der Waals surface area contributed by atoms with Crippen LogP contribution in [-0.4, -0.2) is 24.1 Å². The second-order valence-electron chi connectivity index (χ2n) is 3.85. The number of nitrogens with zero attached hydrogens (tertiary/aromatic N) is 2. The second-order valence-corrected chi connectivity index (χ2v) is 5.89. The lowest BCUT2D eigenvalue weighted by Gasteiger charge is -2.09. The topological polar surface area (TPSA) is 28.2 Å². The Hall–Kier alpha value is -0.750. The van der Waals surface area contributed by atoms with Gasteiger partial charge in [0.05, 0.1) is 11.4 Å². The molecule has 2 rings (SSSR count). The van der Waals surface area contributed by atoms with E-state index in [1.54, 1.807) is 11.3 Å². The van der Waals surface area contributed by atoms with Gasteiger partial charge in [0.15, 0.2) is 0 Å². The number of nitrogens with one attached hydrogen (secondary N) is 1. The fourth-order valence-corrected chi connectivity index (χ4v) is 2.48. The molecule has 0 amide bonds. The van der Waals surface area contributed by atoms with Crippen molar-refractivity contribution in [1.82, 2.24) is 15.4 Å². The van der Waals surface area contributed by atoms with Gasteiger partial charge in [0.1, 0.15) is 5.01 Å². The van der Waals surface area contributed by atoms with E-state index in [2.05, 4.69) is 38.5 Å². The Morgan fingerprint density at radius 1 is 1.29 bits per heavy atom. The molecular weight excluding hydrogens is 298 g/mol. The number of hydrazine groups is 1. The quantitative estimate of drug-likeness (QED) is 0.879. The second kappa shape index (κ2) is 5.73. The maximum atomic E-state index is 4.40. The summed E-state index contributed by atoms with van der Waals surface area (Å²) in [5.41, 5.74) is 4.42. The van der Waals surface area contributed by atoms with E-state index in [0.29, 0.717) is 0 Å². The van der Waals surface area contributed by atoms with Crippen molar-refractivity contribution >= 4 is 27.3 Å². The van der Waals surface area contributed by atoms with E-state index in [9.17, 15) is 0 Å². The van der Waals surface area contributed by atoms with Gasteiger partial charge < -0.3 is 0 Å². The molecule has 0 saturated heterocycles. The van der Waals surface area contributed by atoms with Crippen molar-refractivity contribution < 1.29 is 0 Å². The third-order valence-corrected chi connectivity index (χ3v) is 3.80. The highest BCUT2D eigenvalue weighted by Crippen LogP contribution is 2.27. The molecule has 1 N–H and O–H groups in total. The van der Waals surface area contributed by atoms with Crippen molar-refractivity contribution in [2.75, 3.05) is 14.1 Å². The average molecular weight is 312 g/mol. The largest absolute Gasteiger partial charge is 0.250 e. The molecule has 0 fully saturated rings.